The summed E-state index contributed by atoms with van der Waals surface area (Å²) in [6, 6.07) is 10.2. The molecule has 0 aliphatic heterocycles. The number of benzene rings is 1. The lowest BCUT2D eigenvalue weighted by atomic mass is 9.93. The van der Waals surface area contributed by atoms with Crippen LogP contribution in [0.25, 0.3) is 6.08 Å². The van der Waals surface area contributed by atoms with Crippen molar-refractivity contribution in [2.24, 2.45) is 11.3 Å². The van der Waals surface area contributed by atoms with Crippen LogP contribution in [0.15, 0.2) is 36.4 Å². The van der Waals surface area contributed by atoms with Gasteiger partial charge in [-0.15, -0.1) is 0 Å². The molecule has 2 heteroatoms. The largest absolute Gasteiger partial charge is 0.304 e. The summed E-state index contributed by atoms with van der Waals surface area (Å²) in [6.07, 6.45) is 4.19. The van der Waals surface area contributed by atoms with Crippen molar-refractivity contribution in [3.63, 3.8) is 0 Å². The third-order valence-electron chi connectivity index (χ3n) is 1.98. The van der Waals surface area contributed by atoms with Gasteiger partial charge in [0.05, 0.1) is 6.61 Å². The SMILES string of the molecule is CC(C)(/C=C/c1ccccc1)CON. The molecule has 14 heavy (non-hydrogen) atoms. The van der Waals surface area contributed by atoms with Gasteiger partial charge in [-0.05, 0) is 5.56 Å². The summed E-state index contributed by atoms with van der Waals surface area (Å²) in [5.41, 5.74) is 1.17. The fraction of sp³-hybridized carbons (Fsp3) is 0.333. The van der Waals surface area contributed by atoms with Crippen LogP contribution in [0, 0.1) is 5.41 Å². The zero-order chi connectivity index (χ0) is 10.4. The van der Waals surface area contributed by atoms with Gasteiger partial charge < -0.3 is 4.84 Å². The molecule has 0 amide bonds. The summed E-state index contributed by atoms with van der Waals surface area (Å²) >= 11 is 0. The van der Waals surface area contributed by atoms with E-state index in [1.165, 1.54) is 5.56 Å². The van der Waals surface area contributed by atoms with Crippen LogP contribution in [0.3, 0.4) is 0 Å². The molecule has 0 radical (unpaired) electrons. The van der Waals surface area contributed by atoms with E-state index in [2.05, 4.69) is 43.0 Å². The smallest absolute Gasteiger partial charge is 0.0764 e. The topological polar surface area (TPSA) is 35.2 Å². The molecule has 0 heterocycles. The van der Waals surface area contributed by atoms with E-state index in [9.17, 15) is 0 Å². The minimum absolute atomic E-state index is 0.0232. The summed E-state index contributed by atoms with van der Waals surface area (Å²) < 4.78 is 0. The molecule has 0 saturated carbocycles. The second kappa shape index (κ2) is 4.94. The zero-order valence-electron chi connectivity index (χ0n) is 8.73. The van der Waals surface area contributed by atoms with Gasteiger partial charge >= 0.3 is 0 Å². The van der Waals surface area contributed by atoms with Crippen LogP contribution in [0.2, 0.25) is 0 Å². The lowest BCUT2D eigenvalue weighted by Crippen LogP contribution is -2.18. The molecular formula is C12H17NO. The number of rotatable bonds is 4. The van der Waals surface area contributed by atoms with Crippen LogP contribution >= 0.6 is 0 Å². The van der Waals surface area contributed by atoms with Gasteiger partial charge in [-0.25, -0.2) is 5.90 Å². The van der Waals surface area contributed by atoms with Gasteiger partial charge in [0.25, 0.3) is 0 Å². The van der Waals surface area contributed by atoms with Gasteiger partial charge in [-0.2, -0.15) is 0 Å². The first-order chi connectivity index (χ1) is 6.64. The van der Waals surface area contributed by atoms with Crippen LogP contribution in [0.4, 0.5) is 0 Å². The van der Waals surface area contributed by atoms with Crippen molar-refractivity contribution in [1.82, 2.24) is 0 Å². The number of hydrogen-bond donors (Lipinski definition) is 1. The highest BCUT2D eigenvalue weighted by Crippen LogP contribution is 2.18. The van der Waals surface area contributed by atoms with Gasteiger partial charge in [-0.3, -0.25) is 0 Å². The summed E-state index contributed by atoms with van der Waals surface area (Å²) in [5.74, 6) is 5.05. The molecule has 1 aromatic rings. The molecule has 0 aromatic heterocycles. The Hall–Kier alpha value is -1.12. The van der Waals surface area contributed by atoms with Crippen LogP contribution < -0.4 is 5.90 Å². The molecule has 0 unspecified atom stereocenters. The predicted molar refractivity (Wildman–Crippen MR) is 59.4 cm³/mol. The molecular weight excluding hydrogens is 174 g/mol. The summed E-state index contributed by atoms with van der Waals surface area (Å²) in [5, 5.41) is 0. The summed E-state index contributed by atoms with van der Waals surface area (Å²) in [7, 11) is 0. The van der Waals surface area contributed by atoms with Crippen LogP contribution in [0.5, 0.6) is 0 Å². The maximum Gasteiger partial charge on any atom is 0.0764 e. The Bertz CT molecular complexity index is 290. The minimum atomic E-state index is -0.0232. The third-order valence-corrected chi connectivity index (χ3v) is 1.98. The molecule has 0 saturated heterocycles. The second-order valence-corrected chi connectivity index (χ2v) is 4.04. The normalized spacial score (nSPS) is 12.2. The zero-order valence-corrected chi connectivity index (χ0v) is 8.73. The van der Waals surface area contributed by atoms with Gasteiger partial charge in [0.15, 0.2) is 0 Å². The average Bonchev–Trinajstić information content (AvgIpc) is 2.17. The molecule has 0 aliphatic rings. The molecule has 0 aliphatic carbocycles. The molecule has 2 nitrogen and oxygen atoms in total. The Balaban J connectivity index is 2.64. The molecule has 0 atom stereocenters. The third kappa shape index (κ3) is 3.73. The Kier molecular flexibility index (Phi) is 3.86. The van der Waals surface area contributed by atoms with E-state index < -0.39 is 0 Å². The van der Waals surface area contributed by atoms with E-state index in [1.54, 1.807) is 0 Å². The Labute approximate surface area is 85.3 Å². The number of nitrogens with two attached hydrogens (primary N) is 1. The van der Waals surface area contributed by atoms with E-state index in [4.69, 9.17) is 5.90 Å². The van der Waals surface area contributed by atoms with E-state index in [0.29, 0.717) is 6.61 Å². The van der Waals surface area contributed by atoms with Gasteiger partial charge in [0.2, 0.25) is 0 Å². The van der Waals surface area contributed by atoms with E-state index >= 15 is 0 Å². The highest BCUT2D eigenvalue weighted by Gasteiger charge is 2.12. The Morgan fingerprint density at radius 2 is 1.93 bits per heavy atom. The van der Waals surface area contributed by atoms with E-state index in [-0.39, 0.29) is 5.41 Å². The molecule has 0 spiro atoms. The van der Waals surface area contributed by atoms with Gasteiger partial charge in [0.1, 0.15) is 0 Å². The fourth-order valence-corrected chi connectivity index (χ4v) is 1.15. The maximum absolute atomic E-state index is 5.05. The van der Waals surface area contributed by atoms with Crippen molar-refractivity contribution in [1.29, 1.82) is 0 Å². The monoisotopic (exact) mass is 191 g/mol. The summed E-state index contributed by atoms with van der Waals surface area (Å²) in [4.78, 5) is 4.64. The lowest BCUT2D eigenvalue weighted by Gasteiger charge is -2.17. The summed E-state index contributed by atoms with van der Waals surface area (Å²) in [6.45, 7) is 4.69. The van der Waals surface area contributed by atoms with Crippen LogP contribution in [-0.4, -0.2) is 6.61 Å². The van der Waals surface area contributed by atoms with Crippen molar-refractivity contribution < 1.29 is 4.84 Å². The Morgan fingerprint density at radius 3 is 2.50 bits per heavy atom. The van der Waals surface area contributed by atoms with E-state index in [1.807, 2.05) is 18.2 Å². The molecule has 0 bridgehead atoms. The van der Waals surface area contributed by atoms with Gasteiger partial charge in [0, 0.05) is 5.41 Å². The number of hydrogen-bond acceptors (Lipinski definition) is 2. The van der Waals surface area contributed by atoms with Gasteiger partial charge in [-0.1, -0.05) is 56.3 Å². The van der Waals surface area contributed by atoms with Crippen LogP contribution in [-0.2, 0) is 4.84 Å². The van der Waals surface area contributed by atoms with Crippen molar-refractivity contribution in [2.75, 3.05) is 6.61 Å². The quantitative estimate of drug-likeness (QED) is 0.742. The maximum atomic E-state index is 5.05. The molecule has 1 aromatic carbocycles. The minimum Gasteiger partial charge on any atom is -0.304 e. The molecule has 76 valence electrons. The first-order valence-electron chi connectivity index (χ1n) is 4.70. The van der Waals surface area contributed by atoms with E-state index in [0.717, 1.165) is 0 Å². The average molecular weight is 191 g/mol. The second-order valence-electron chi connectivity index (χ2n) is 4.04. The molecule has 1 rings (SSSR count). The highest BCUT2D eigenvalue weighted by molar-refractivity contribution is 5.49. The van der Waals surface area contributed by atoms with Crippen molar-refractivity contribution >= 4 is 6.08 Å². The predicted octanol–water partition coefficient (Wildman–Crippen LogP) is 2.62. The Morgan fingerprint density at radius 1 is 1.29 bits per heavy atom. The first kappa shape index (κ1) is 11.0. The standard InChI is InChI=1S/C12H17NO/c1-12(2,10-14-13)9-8-11-6-4-3-5-7-11/h3-9H,10,13H2,1-2H3/b9-8+. The van der Waals surface area contributed by atoms with Crippen molar-refractivity contribution in [2.45, 2.75) is 13.8 Å². The van der Waals surface area contributed by atoms with Crippen LogP contribution in [0.1, 0.15) is 19.4 Å². The van der Waals surface area contributed by atoms with Crippen molar-refractivity contribution in [3.05, 3.63) is 42.0 Å². The molecule has 0 fully saturated rings. The van der Waals surface area contributed by atoms with Crippen molar-refractivity contribution in [3.8, 4) is 0 Å². The first-order valence-corrected chi connectivity index (χ1v) is 4.70. The molecule has 2 N–H and O–H groups in total. The highest BCUT2D eigenvalue weighted by atomic mass is 16.6. The fourth-order valence-electron chi connectivity index (χ4n) is 1.15. The lowest BCUT2D eigenvalue weighted by molar-refractivity contribution is 0.0852.